The van der Waals surface area contributed by atoms with Crippen molar-refractivity contribution in [2.75, 3.05) is 45.2 Å². The summed E-state index contributed by atoms with van der Waals surface area (Å²) in [5, 5.41) is 5.25. The fourth-order valence-electron chi connectivity index (χ4n) is 3.29. The lowest BCUT2D eigenvalue weighted by atomic mass is 10.1. The molecule has 0 bridgehead atoms. The van der Waals surface area contributed by atoms with Crippen molar-refractivity contribution in [3.8, 4) is 5.75 Å². The molecule has 1 atom stereocenters. The van der Waals surface area contributed by atoms with Crippen LogP contribution in [0.2, 0.25) is 0 Å². The second kappa shape index (κ2) is 10.6. The standard InChI is InChI=1S/C22H27N3O4/c1-28-19-11-6-5-10-18(19)24-22(27)21(26)23-12-7-13-25-14-15-29-20(16-25)17-8-3-2-4-9-17/h2-6,8-11,20H,7,12-16H2,1H3,(H,23,26)(H,24,27). The Hall–Kier alpha value is -2.90. The minimum atomic E-state index is -0.704. The molecule has 1 aliphatic rings. The lowest BCUT2D eigenvalue weighted by molar-refractivity contribution is -0.136. The number of benzene rings is 2. The van der Waals surface area contributed by atoms with Crippen LogP contribution in [0, 0.1) is 0 Å². The van der Waals surface area contributed by atoms with Crippen LogP contribution in [0.3, 0.4) is 0 Å². The van der Waals surface area contributed by atoms with Crippen LogP contribution in [-0.4, -0.2) is 56.6 Å². The van der Waals surface area contributed by atoms with Gasteiger partial charge in [-0.2, -0.15) is 0 Å². The van der Waals surface area contributed by atoms with E-state index in [1.54, 1.807) is 24.3 Å². The van der Waals surface area contributed by atoms with Gasteiger partial charge in [-0.3, -0.25) is 14.5 Å². The normalized spacial score (nSPS) is 16.8. The first-order valence-corrected chi connectivity index (χ1v) is 9.78. The van der Waals surface area contributed by atoms with Crippen molar-refractivity contribution in [2.24, 2.45) is 0 Å². The van der Waals surface area contributed by atoms with Crippen LogP contribution in [0.15, 0.2) is 54.6 Å². The van der Waals surface area contributed by atoms with Crippen LogP contribution < -0.4 is 15.4 Å². The van der Waals surface area contributed by atoms with E-state index in [0.29, 0.717) is 24.6 Å². The highest BCUT2D eigenvalue weighted by Gasteiger charge is 2.21. The Morgan fingerprint density at radius 2 is 1.86 bits per heavy atom. The zero-order chi connectivity index (χ0) is 20.5. The molecular formula is C22H27N3O4. The van der Waals surface area contributed by atoms with E-state index in [9.17, 15) is 9.59 Å². The predicted molar refractivity (Wildman–Crippen MR) is 111 cm³/mol. The predicted octanol–water partition coefficient (Wildman–Crippen LogP) is 2.21. The van der Waals surface area contributed by atoms with Crippen molar-refractivity contribution in [3.05, 3.63) is 60.2 Å². The van der Waals surface area contributed by atoms with E-state index in [4.69, 9.17) is 9.47 Å². The Morgan fingerprint density at radius 3 is 2.66 bits per heavy atom. The van der Waals surface area contributed by atoms with E-state index in [-0.39, 0.29) is 6.10 Å². The average molecular weight is 397 g/mol. The Kier molecular flexibility index (Phi) is 7.61. The van der Waals surface area contributed by atoms with Gasteiger partial charge in [0, 0.05) is 26.2 Å². The molecule has 2 N–H and O–H groups in total. The largest absolute Gasteiger partial charge is 0.495 e. The summed E-state index contributed by atoms with van der Waals surface area (Å²) in [4.78, 5) is 26.4. The molecule has 2 amide bonds. The number of nitrogens with zero attached hydrogens (tertiary/aromatic N) is 1. The van der Waals surface area contributed by atoms with Crippen molar-refractivity contribution in [1.82, 2.24) is 10.2 Å². The van der Waals surface area contributed by atoms with Crippen LogP contribution in [0.25, 0.3) is 0 Å². The van der Waals surface area contributed by atoms with Gasteiger partial charge >= 0.3 is 11.8 Å². The number of amides is 2. The van der Waals surface area contributed by atoms with E-state index in [1.165, 1.54) is 12.7 Å². The van der Waals surface area contributed by atoms with Crippen molar-refractivity contribution < 1.29 is 19.1 Å². The fourth-order valence-corrected chi connectivity index (χ4v) is 3.29. The van der Waals surface area contributed by atoms with Crippen LogP contribution >= 0.6 is 0 Å². The number of anilines is 1. The molecule has 3 rings (SSSR count). The second-order valence-corrected chi connectivity index (χ2v) is 6.83. The molecule has 1 unspecified atom stereocenters. The molecule has 7 heteroatoms. The summed E-state index contributed by atoms with van der Waals surface area (Å²) in [6.45, 7) is 3.65. The Labute approximate surface area is 171 Å². The first kappa shape index (κ1) is 20.8. The van der Waals surface area contributed by atoms with Crippen molar-refractivity contribution in [3.63, 3.8) is 0 Å². The number of nitrogens with one attached hydrogen (secondary N) is 2. The van der Waals surface area contributed by atoms with Gasteiger partial charge in [-0.25, -0.2) is 0 Å². The zero-order valence-electron chi connectivity index (χ0n) is 16.6. The van der Waals surface area contributed by atoms with E-state index < -0.39 is 11.8 Å². The number of carbonyl (C=O) groups excluding carboxylic acids is 2. The van der Waals surface area contributed by atoms with Crippen LogP contribution in [0.1, 0.15) is 18.1 Å². The van der Waals surface area contributed by atoms with Gasteiger partial charge in [0.1, 0.15) is 5.75 Å². The maximum atomic E-state index is 12.1. The molecule has 2 aromatic carbocycles. The molecule has 0 aromatic heterocycles. The maximum absolute atomic E-state index is 12.1. The lowest BCUT2D eigenvalue weighted by Gasteiger charge is -2.33. The average Bonchev–Trinajstić information content (AvgIpc) is 2.77. The molecule has 0 aliphatic carbocycles. The summed E-state index contributed by atoms with van der Waals surface area (Å²) in [5.74, 6) is -0.848. The zero-order valence-corrected chi connectivity index (χ0v) is 16.6. The minimum absolute atomic E-state index is 0.0752. The first-order valence-electron chi connectivity index (χ1n) is 9.78. The second-order valence-electron chi connectivity index (χ2n) is 6.83. The summed E-state index contributed by atoms with van der Waals surface area (Å²) in [6.07, 6.45) is 0.834. The highest BCUT2D eigenvalue weighted by atomic mass is 16.5. The quantitative estimate of drug-likeness (QED) is 0.553. The summed E-state index contributed by atoms with van der Waals surface area (Å²) in [7, 11) is 1.51. The third-order valence-electron chi connectivity index (χ3n) is 4.82. The van der Waals surface area contributed by atoms with Crippen molar-refractivity contribution in [1.29, 1.82) is 0 Å². The summed E-state index contributed by atoms with van der Waals surface area (Å²) < 4.78 is 11.0. The molecule has 0 radical (unpaired) electrons. The smallest absolute Gasteiger partial charge is 0.313 e. The van der Waals surface area contributed by atoms with Gasteiger partial charge < -0.3 is 20.1 Å². The van der Waals surface area contributed by atoms with Gasteiger partial charge in [-0.05, 0) is 24.1 Å². The molecule has 1 aliphatic heterocycles. The molecule has 1 fully saturated rings. The third-order valence-corrected chi connectivity index (χ3v) is 4.82. The van der Waals surface area contributed by atoms with Gasteiger partial charge in [0.2, 0.25) is 0 Å². The van der Waals surface area contributed by atoms with Gasteiger partial charge in [0.05, 0.1) is 25.5 Å². The van der Waals surface area contributed by atoms with Crippen LogP contribution in [0.4, 0.5) is 5.69 Å². The third kappa shape index (κ3) is 6.04. The lowest BCUT2D eigenvalue weighted by Crippen LogP contribution is -2.41. The van der Waals surface area contributed by atoms with E-state index in [0.717, 1.165) is 26.1 Å². The van der Waals surface area contributed by atoms with E-state index >= 15 is 0 Å². The number of hydrogen-bond acceptors (Lipinski definition) is 5. The fraction of sp³-hybridized carbons (Fsp3) is 0.364. The number of carbonyl (C=O) groups is 2. The molecule has 0 saturated carbocycles. The van der Waals surface area contributed by atoms with Crippen molar-refractivity contribution >= 4 is 17.5 Å². The summed E-state index contributed by atoms with van der Waals surface area (Å²) >= 11 is 0. The van der Waals surface area contributed by atoms with Gasteiger partial charge in [0.25, 0.3) is 0 Å². The van der Waals surface area contributed by atoms with Gasteiger partial charge in [0.15, 0.2) is 0 Å². The van der Waals surface area contributed by atoms with Crippen LogP contribution in [0.5, 0.6) is 5.75 Å². The SMILES string of the molecule is COc1ccccc1NC(=O)C(=O)NCCCN1CCOC(c2ccccc2)C1. The Bertz CT molecular complexity index is 813. The number of hydrogen-bond donors (Lipinski definition) is 2. The number of ether oxygens (including phenoxy) is 2. The minimum Gasteiger partial charge on any atom is -0.495 e. The Balaban J connectivity index is 1.38. The van der Waals surface area contributed by atoms with Crippen LogP contribution in [-0.2, 0) is 14.3 Å². The number of morpholine rings is 1. The Morgan fingerprint density at radius 1 is 1.10 bits per heavy atom. The number of para-hydroxylation sites is 2. The monoisotopic (exact) mass is 397 g/mol. The first-order chi connectivity index (χ1) is 14.2. The molecule has 1 heterocycles. The maximum Gasteiger partial charge on any atom is 0.313 e. The molecule has 7 nitrogen and oxygen atoms in total. The molecule has 1 saturated heterocycles. The number of rotatable bonds is 7. The molecule has 29 heavy (non-hydrogen) atoms. The van der Waals surface area contributed by atoms with Crippen molar-refractivity contribution in [2.45, 2.75) is 12.5 Å². The molecular weight excluding hydrogens is 370 g/mol. The molecule has 0 spiro atoms. The molecule has 154 valence electrons. The topological polar surface area (TPSA) is 79.9 Å². The highest BCUT2D eigenvalue weighted by Crippen LogP contribution is 2.23. The highest BCUT2D eigenvalue weighted by molar-refractivity contribution is 6.39. The van der Waals surface area contributed by atoms with E-state index in [2.05, 4.69) is 27.7 Å². The molecule has 2 aromatic rings. The van der Waals surface area contributed by atoms with E-state index in [1.807, 2.05) is 18.2 Å². The summed E-state index contributed by atoms with van der Waals surface area (Å²) in [6, 6.07) is 17.2. The summed E-state index contributed by atoms with van der Waals surface area (Å²) in [5.41, 5.74) is 1.65. The van der Waals surface area contributed by atoms with Gasteiger partial charge in [-0.1, -0.05) is 42.5 Å². The number of methoxy groups -OCH3 is 1. The van der Waals surface area contributed by atoms with Gasteiger partial charge in [-0.15, -0.1) is 0 Å².